The van der Waals surface area contributed by atoms with Crippen molar-refractivity contribution < 1.29 is 81.3 Å². The number of hydrogen-bond donors (Lipinski definition) is 0. The van der Waals surface area contributed by atoms with Crippen LogP contribution in [0.15, 0.2) is 0 Å². The van der Waals surface area contributed by atoms with E-state index < -0.39 is 31.9 Å². The molecule has 0 aromatic rings. The van der Waals surface area contributed by atoms with Crippen molar-refractivity contribution in [1.29, 1.82) is 0 Å². The van der Waals surface area contributed by atoms with E-state index in [4.69, 9.17) is 127 Å². The molecule has 0 heterocycles. The normalized spacial score (nSPS) is 6.50. The topological polar surface area (TPSA) is 0 Å². The Kier molecular flexibility index (Phi) is 63.6. The summed E-state index contributed by atoms with van der Waals surface area (Å²) in [5.74, 6) is 25.6. The molecule has 0 saturated heterocycles. The lowest BCUT2D eigenvalue weighted by molar-refractivity contribution is 0.108. The molecule has 0 rings (SSSR count). The van der Waals surface area contributed by atoms with Gasteiger partial charge >= 0.3 is 0 Å². The van der Waals surface area contributed by atoms with Gasteiger partial charge in [-0.3, -0.25) is 0 Å². The van der Waals surface area contributed by atoms with Crippen LogP contribution >= 0.6 is 0 Å². The molecule has 24 heteroatoms. The summed E-state index contributed by atoms with van der Waals surface area (Å²) in [6.07, 6.45) is -3.22. The van der Waals surface area contributed by atoms with Crippen LogP contribution in [-0.2, 0) is 0 Å². The summed E-state index contributed by atoms with van der Waals surface area (Å²) >= 11 is 0. The van der Waals surface area contributed by atoms with Crippen molar-refractivity contribution in [2.75, 3.05) is 0 Å². The largest absolute Gasteiger partial charge is 0.0925 e. The van der Waals surface area contributed by atoms with Crippen LogP contribution in [0.3, 0.4) is 0 Å². The molecule has 36 heavy (non-hydrogen) atoms. The molecule has 0 saturated carbocycles. The van der Waals surface area contributed by atoms with Gasteiger partial charge in [0.1, 0.15) is 0 Å². The minimum Gasteiger partial charge on any atom is -0.0925 e. The quantitative estimate of drug-likeness (QED) is 0.279. The predicted molar refractivity (Wildman–Crippen MR) is 158 cm³/mol. The summed E-state index contributed by atoms with van der Waals surface area (Å²) in [7, 11) is 37.9. The Hall–Kier alpha value is -2.26. The highest BCUT2D eigenvalue weighted by Crippen LogP contribution is 1.91. The number of hydrogen-bond acceptors (Lipinski definition) is 0. The molecule has 0 aliphatic heterocycles. The Labute approximate surface area is 241 Å². The van der Waals surface area contributed by atoms with Gasteiger partial charge in [-0.2, -0.15) is 0 Å². The molecule has 0 atom stereocenters. The summed E-state index contributed by atoms with van der Waals surface area (Å²) in [6.45, 7) is 3.44. The van der Waals surface area contributed by atoms with Crippen LogP contribution in [0.4, 0.5) is 54.9 Å². The second kappa shape index (κ2) is 63.8. The highest BCUT2D eigenvalue weighted by molar-refractivity contribution is 8.05. The van der Waals surface area contributed by atoms with E-state index in [9.17, 15) is 0 Å². The molecular formula is C12H30B12F12. The molecular weight excluding hydrogens is 502 g/mol. The van der Waals surface area contributed by atoms with Crippen molar-refractivity contribution >= 4 is 86.1 Å². The molecule has 0 aromatic carbocycles. The SMILES string of the molecule is CC#CC#CC#CC#CC#CC.FF.FF.FF.FF.FF.FF.[2H][2H].[2H][2H].[2H][2H].[2H][2H].[2H][2H].[2H][2H].[B]B([B])B([B])B(B([B])[B])B([B])[B].[HH].[HH].[HH].[HH].[HH].[HH]. The van der Waals surface area contributed by atoms with Crippen LogP contribution in [0.2, 0.25) is 0 Å². The van der Waals surface area contributed by atoms with Crippen LogP contribution < -0.4 is 0 Å². The first kappa shape index (κ1) is 35.9. The highest BCUT2D eigenvalue weighted by Gasteiger charge is 2.29. The highest BCUT2D eigenvalue weighted by atomic mass is 20.0. The molecule has 0 aromatic heterocycles. The molecule has 0 spiro atoms. The fourth-order valence-electron chi connectivity index (χ4n) is 1.34. The molecule has 0 unspecified atom stereocenters. The number of halogens is 12. The third-order valence-electron chi connectivity index (χ3n) is 2.47. The lowest BCUT2D eigenvalue weighted by atomic mass is 8.53. The summed E-state index contributed by atoms with van der Waals surface area (Å²) in [6, 6.07) is 0. The maximum atomic E-state index is 8.00. The van der Waals surface area contributed by atoms with Gasteiger partial charge in [0.25, 0.3) is 0 Å². The average molecular weight is 544 g/mol. The minimum absolute atomic E-state index is 0. The lowest BCUT2D eigenvalue weighted by Crippen LogP contribution is -2.67. The number of rotatable bonds is 4. The molecule has 0 bridgehead atoms. The van der Waals surface area contributed by atoms with Gasteiger partial charge in [-0.1, -0.05) is 11.8 Å². The van der Waals surface area contributed by atoms with Crippen LogP contribution in [0.25, 0.3) is 0 Å². The molecule has 0 fully saturated rings. The summed E-state index contributed by atoms with van der Waals surface area (Å²) in [5.41, 5.74) is 0. The van der Waals surface area contributed by atoms with Crippen molar-refractivity contribution in [3.05, 3.63) is 0 Å². The standard InChI is InChI=1S/C12H6.B12.6F2.12H2/c1-3-5-7-9-11-12-10-8-6-4-2;1-8(2)11(7)12(9(3)4)10(5)6;6*1-2;;;;;;;;;;;;/h1-2H3;;;;;;;;12*1H/i;;;;;;;;6*1+1D;;;;;;. The Morgan fingerprint density at radius 3 is 0.750 bits per heavy atom. The van der Waals surface area contributed by atoms with Crippen molar-refractivity contribution in [2.24, 2.45) is 0 Å². The van der Waals surface area contributed by atoms with Gasteiger partial charge in [-0.15, -0.1) is 0 Å². The van der Waals surface area contributed by atoms with Gasteiger partial charge in [0, 0.05) is 167 Å². The Balaban J connectivity index is -0.0000000143. The van der Waals surface area contributed by atoms with Gasteiger partial charge in [0.05, 0.1) is 0 Å². The Bertz CT molecular complexity index is 688. The zero-order chi connectivity index (χ0) is 43.0. The van der Waals surface area contributed by atoms with Crippen molar-refractivity contribution in [3.8, 4) is 59.2 Å². The Morgan fingerprint density at radius 1 is 0.444 bits per heavy atom. The smallest absolute Gasteiger partial charge is 0 e. The van der Waals surface area contributed by atoms with E-state index in [2.05, 4.69) is 59.2 Å². The second-order valence-corrected chi connectivity index (χ2v) is 4.39. The summed E-state index contributed by atoms with van der Waals surface area (Å²) in [4.78, 5) is 0. The third-order valence-corrected chi connectivity index (χ3v) is 2.47. The van der Waals surface area contributed by atoms with E-state index in [-0.39, 0.29) is 8.56 Å². The summed E-state index contributed by atoms with van der Waals surface area (Å²) in [5, 5.41) is 0. The zero-order valence-corrected chi connectivity index (χ0v) is 18.5. The molecule has 0 amide bonds. The molecule has 0 aliphatic carbocycles. The molecule has 198 valence electrons. The maximum Gasteiger partial charge on any atom is 0 e. The van der Waals surface area contributed by atoms with Crippen LogP contribution in [0.1, 0.15) is 40.2 Å². The first-order valence-electron chi connectivity index (χ1n) is 13.8. The predicted octanol–water partition coefficient (Wildman–Crippen LogP) is 4.47. The molecule has 0 nitrogen and oxygen atoms in total. The first-order chi connectivity index (χ1) is 23.3. The minimum atomic E-state index is -0.723. The van der Waals surface area contributed by atoms with E-state index in [0.717, 1.165) is 0 Å². The monoisotopic (exact) mass is 546 g/mol. The molecule has 0 N–H and O–H groups in total. The van der Waals surface area contributed by atoms with Crippen LogP contribution in [0.5, 0.6) is 0 Å². The van der Waals surface area contributed by atoms with Crippen molar-refractivity contribution in [1.82, 2.24) is 0 Å². The van der Waals surface area contributed by atoms with Gasteiger partial charge < -0.3 is 0 Å². The molecule has 14 radical (unpaired) electrons. The van der Waals surface area contributed by atoms with E-state index in [1.807, 2.05) is 0 Å². The van der Waals surface area contributed by atoms with Crippen molar-refractivity contribution in [3.63, 3.8) is 0 Å². The zero-order valence-electron chi connectivity index (χ0n) is 30.5. The summed E-state index contributed by atoms with van der Waals surface area (Å²) < 4.78 is 156. The van der Waals surface area contributed by atoms with Gasteiger partial charge in [0.15, 0.2) is 0 Å². The Morgan fingerprint density at radius 2 is 0.639 bits per heavy atom. The lowest BCUT2D eigenvalue weighted by Gasteiger charge is -2.29. The van der Waals surface area contributed by atoms with E-state index in [1.54, 1.807) is 13.8 Å². The van der Waals surface area contributed by atoms with E-state index in [0.29, 0.717) is 0 Å². The third kappa shape index (κ3) is 58.0. The second-order valence-electron chi connectivity index (χ2n) is 4.39. The van der Waals surface area contributed by atoms with Gasteiger partial charge in [-0.05, 0) is 61.2 Å². The first-order valence-corrected chi connectivity index (χ1v) is 7.77. The van der Waals surface area contributed by atoms with E-state index >= 15 is 0 Å². The van der Waals surface area contributed by atoms with Crippen LogP contribution in [0, 0.1) is 59.2 Å². The van der Waals surface area contributed by atoms with Gasteiger partial charge in [0.2, 0.25) is 0 Å². The van der Waals surface area contributed by atoms with E-state index in [1.165, 1.54) is 0 Å². The van der Waals surface area contributed by atoms with Gasteiger partial charge in [-0.25, -0.2) is 0 Å². The van der Waals surface area contributed by atoms with Crippen LogP contribution in [-0.4, -0.2) is 86.1 Å². The molecule has 0 aliphatic rings. The average Bonchev–Trinajstić information content (AvgIpc) is 3.19. The fourth-order valence-corrected chi connectivity index (χ4v) is 1.34. The maximum absolute atomic E-state index is 8.00. The van der Waals surface area contributed by atoms with Crippen molar-refractivity contribution in [2.45, 2.75) is 13.8 Å². The fraction of sp³-hybridized carbons (Fsp3) is 0.167.